The number of nitro groups is 1. The first kappa shape index (κ1) is 16.9. The fourth-order valence-electron chi connectivity index (χ4n) is 2.08. The van der Waals surface area contributed by atoms with E-state index in [4.69, 9.17) is 0 Å². The summed E-state index contributed by atoms with van der Waals surface area (Å²) in [5.41, 5.74) is 1.57. The molecule has 1 N–H and O–H groups in total. The van der Waals surface area contributed by atoms with Crippen molar-refractivity contribution in [2.75, 3.05) is 0 Å². The maximum Gasteiger partial charge on any atom is 0.270 e. The summed E-state index contributed by atoms with van der Waals surface area (Å²) in [4.78, 5) is 22.2. The Labute approximate surface area is 142 Å². The van der Waals surface area contributed by atoms with Gasteiger partial charge in [0.2, 0.25) is 5.91 Å². The second-order valence-corrected chi connectivity index (χ2v) is 5.79. The number of carbonyl (C=O) groups excluding carboxylic acids is 1. The van der Waals surface area contributed by atoms with E-state index < -0.39 is 4.92 Å². The van der Waals surface area contributed by atoms with Crippen molar-refractivity contribution in [3.05, 3.63) is 80.3 Å². The van der Waals surface area contributed by atoms with Crippen molar-refractivity contribution in [1.29, 1.82) is 0 Å². The third kappa shape index (κ3) is 4.75. The summed E-state index contributed by atoms with van der Waals surface area (Å²) in [6.45, 7) is 1.89. The van der Waals surface area contributed by atoms with Gasteiger partial charge in [-0.05, 0) is 30.2 Å². The maximum atomic E-state index is 12.0. The van der Waals surface area contributed by atoms with Crippen molar-refractivity contribution in [2.45, 2.75) is 13.0 Å². The van der Waals surface area contributed by atoms with E-state index >= 15 is 0 Å². The minimum atomic E-state index is -0.466. The van der Waals surface area contributed by atoms with Crippen molar-refractivity contribution in [1.82, 2.24) is 5.32 Å². The number of nitro benzene ring substituents is 1. The van der Waals surface area contributed by atoms with E-state index in [1.54, 1.807) is 18.2 Å². The first-order chi connectivity index (χ1) is 11.0. The second kappa shape index (κ2) is 7.69. The Balaban J connectivity index is 2.03. The van der Waals surface area contributed by atoms with Crippen LogP contribution in [-0.4, -0.2) is 10.8 Å². The van der Waals surface area contributed by atoms with Crippen LogP contribution in [0, 0.1) is 10.1 Å². The van der Waals surface area contributed by atoms with Gasteiger partial charge in [0.25, 0.3) is 5.69 Å². The number of nitrogens with one attached hydrogen (secondary N) is 1. The summed E-state index contributed by atoms with van der Waals surface area (Å²) in [5, 5.41) is 13.6. The summed E-state index contributed by atoms with van der Waals surface area (Å²) in [6, 6.07) is 13.6. The lowest BCUT2D eigenvalue weighted by molar-refractivity contribution is -0.384. The van der Waals surface area contributed by atoms with Crippen molar-refractivity contribution < 1.29 is 9.72 Å². The standard InChI is InChI=1S/C17H15BrN2O3/c1-12(15-7-2-3-8-16(15)18)19-17(21)10-9-13-5-4-6-14(11-13)20(22)23/h2-12H,1H3,(H,19,21)/b10-9+/t12-/m1/s1. The molecule has 0 aliphatic rings. The number of halogens is 1. The molecule has 0 saturated carbocycles. The predicted molar refractivity (Wildman–Crippen MR) is 92.8 cm³/mol. The number of amides is 1. The van der Waals surface area contributed by atoms with E-state index in [9.17, 15) is 14.9 Å². The molecule has 2 aromatic rings. The Kier molecular flexibility index (Phi) is 5.65. The van der Waals surface area contributed by atoms with Crippen LogP contribution in [0.25, 0.3) is 6.08 Å². The molecule has 0 radical (unpaired) electrons. The van der Waals surface area contributed by atoms with E-state index in [0.717, 1.165) is 10.0 Å². The summed E-state index contributed by atoms with van der Waals surface area (Å²) < 4.78 is 0.926. The van der Waals surface area contributed by atoms with Crippen LogP contribution < -0.4 is 5.32 Å². The average Bonchev–Trinajstić information content (AvgIpc) is 2.53. The molecule has 1 amide bonds. The van der Waals surface area contributed by atoms with Gasteiger partial charge >= 0.3 is 0 Å². The molecule has 0 saturated heterocycles. The van der Waals surface area contributed by atoms with Crippen molar-refractivity contribution in [3.63, 3.8) is 0 Å². The van der Waals surface area contributed by atoms with Gasteiger partial charge in [-0.1, -0.05) is 46.3 Å². The third-order valence-corrected chi connectivity index (χ3v) is 3.96. The highest BCUT2D eigenvalue weighted by Gasteiger charge is 2.10. The average molecular weight is 375 g/mol. The molecule has 2 aromatic carbocycles. The van der Waals surface area contributed by atoms with Gasteiger partial charge in [0.15, 0.2) is 0 Å². The summed E-state index contributed by atoms with van der Waals surface area (Å²) in [7, 11) is 0. The van der Waals surface area contributed by atoms with E-state index in [1.807, 2.05) is 31.2 Å². The Morgan fingerprint density at radius 3 is 2.70 bits per heavy atom. The number of rotatable bonds is 5. The molecule has 6 heteroatoms. The Morgan fingerprint density at radius 1 is 1.26 bits per heavy atom. The van der Waals surface area contributed by atoms with Crippen LogP contribution in [0.4, 0.5) is 5.69 Å². The van der Waals surface area contributed by atoms with Crippen molar-refractivity contribution in [2.24, 2.45) is 0 Å². The van der Waals surface area contributed by atoms with Gasteiger partial charge in [0, 0.05) is 22.7 Å². The zero-order valence-electron chi connectivity index (χ0n) is 12.4. The normalized spacial score (nSPS) is 12.1. The molecule has 0 heterocycles. The van der Waals surface area contributed by atoms with E-state index in [2.05, 4.69) is 21.2 Å². The fraction of sp³-hybridized carbons (Fsp3) is 0.118. The zero-order valence-corrected chi connectivity index (χ0v) is 14.0. The number of benzene rings is 2. The number of hydrogen-bond donors (Lipinski definition) is 1. The summed E-state index contributed by atoms with van der Waals surface area (Å²) in [5.74, 6) is -0.264. The first-order valence-electron chi connectivity index (χ1n) is 6.95. The molecule has 0 aliphatic heterocycles. The van der Waals surface area contributed by atoms with Gasteiger partial charge in [-0.15, -0.1) is 0 Å². The highest BCUT2D eigenvalue weighted by atomic mass is 79.9. The van der Waals surface area contributed by atoms with Crippen LogP contribution in [-0.2, 0) is 4.79 Å². The fourth-order valence-corrected chi connectivity index (χ4v) is 2.71. The van der Waals surface area contributed by atoms with E-state index in [-0.39, 0.29) is 17.6 Å². The lowest BCUT2D eigenvalue weighted by Gasteiger charge is -2.14. The molecule has 0 aliphatic carbocycles. The van der Waals surface area contributed by atoms with Gasteiger partial charge in [-0.25, -0.2) is 0 Å². The lowest BCUT2D eigenvalue weighted by atomic mass is 10.1. The van der Waals surface area contributed by atoms with Crippen LogP contribution in [0.15, 0.2) is 59.1 Å². The minimum Gasteiger partial charge on any atom is -0.346 e. The molecule has 0 fully saturated rings. The molecule has 0 unspecified atom stereocenters. The zero-order chi connectivity index (χ0) is 16.8. The van der Waals surface area contributed by atoms with Crippen LogP contribution in [0.2, 0.25) is 0 Å². The molecule has 0 aromatic heterocycles. The number of non-ortho nitro benzene ring substituents is 1. The lowest BCUT2D eigenvalue weighted by Crippen LogP contribution is -2.24. The molecule has 2 rings (SSSR count). The highest BCUT2D eigenvalue weighted by Crippen LogP contribution is 2.22. The second-order valence-electron chi connectivity index (χ2n) is 4.94. The molecule has 0 bridgehead atoms. The van der Waals surface area contributed by atoms with Gasteiger partial charge in [0.05, 0.1) is 11.0 Å². The summed E-state index contributed by atoms with van der Waals surface area (Å²) >= 11 is 3.45. The third-order valence-electron chi connectivity index (χ3n) is 3.24. The molecular weight excluding hydrogens is 360 g/mol. The number of carbonyl (C=O) groups is 1. The van der Waals surface area contributed by atoms with Gasteiger partial charge in [-0.2, -0.15) is 0 Å². The molecule has 23 heavy (non-hydrogen) atoms. The van der Waals surface area contributed by atoms with Crippen LogP contribution in [0.1, 0.15) is 24.1 Å². The molecule has 1 atom stereocenters. The topological polar surface area (TPSA) is 72.2 Å². The summed E-state index contributed by atoms with van der Waals surface area (Å²) in [6.07, 6.45) is 2.92. The van der Waals surface area contributed by atoms with E-state index in [0.29, 0.717) is 5.56 Å². The van der Waals surface area contributed by atoms with Crippen LogP contribution in [0.5, 0.6) is 0 Å². The number of hydrogen-bond acceptors (Lipinski definition) is 3. The van der Waals surface area contributed by atoms with Gasteiger partial charge in [-0.3, -0.25) is 14.9 Å². The Morgan fingerprint density at radius 2 is 2.00 bits per heavy atom. The maximum absolute atomic E-state index is 12.0. The van der Waals surface area contributed by atoms with Crippen LogP contribution >= 0.6 is 15.9 Å². The molecule has 5 nitrogen and oxygen atoms in total. The predicted octanol–water partition coefficient (Wildman–Crippen LogP) is 4.25. The Hall–Kier alpha value is -2.47. The quantitative estimate of drug-likeness (QED) is 0.483. The van der Waals surface area contributed by atoms with Crippen LogP contribution in [0.3, 0.4) is 0 Å². The van der Waals surface area contributed by atoms with E-state index in [1.165, 1.54) is 18.2 Å². The minimum absolute atomic E-state index is 0.00542. The molecule has 118 valence electrons. The van der Waals surface area contributed by atoms with Crippen molar-refractivity contribution in [3.8, 4) is 0 Å². The largest absolute Gasteiger partial charge is 0.346 e. The van der Waals surface area contributed by atoms with Crippen molar-refractivity contribution >= 4 is 33.6 Å². The van der Waals surface area contributed by atoms with Gasteiger partial charge < -0.3 is 5.32 Å². The molecular formula is C17H15BrN2O3. The molecule has 0 spiro atoms. The smallest absolute Gasteiger partial charge is 0.270 e. The SMILES string of the molecule is C[C@@H](NC(=O)/C=C/c1cccc([N+](=O)[O-])c1)c1ccccc1Br. The first-order valence-corrected chi connectivity index (χ1v) is 7.74. The monoisotopic (exact) mass is 374 g/mol. The Bertz CT molecular complexity index is 759. The van der Waals surface area contributed by atoms with Gasteiger partial charge in [0.1, 0.15) is 0 Å². The number of nitrogens with zero attached hydrogens (tertiary/aromatic N) is 1. The highest BCUT2D eigenvalue weighted by molar-refractivity contribution is 9.10.